The molecule has 1 atom stereocenters. The predicted molar refractivity (Wildman–Crippen MR) is 91.8 cm³/mol. The molecule has 1 heterocycles. The Labute approximate surface area is 140 Å². The monoisotopic (exact) mass is 321 g/mol. The summed E-state index contributed by atoms with van der Waals surface area (Å²) in [7, 11) is 1.88. The lowest BCUT2D eigenvalue weighted by atomic mass is 10.0. The highest BCUT2D eigenvalue weighted by Gasteiger charge is 2.22. The van der Waals surface area contributed by atoms with E-state index in [4.69, 9.17) is 0 Å². The molecule has 5 nitrogen and oxygen atoms in total. The van der Waals surface area contributed by atoms with Crippen LogP contribution in [0, 0.1) is 6.92 Å². The number of aromatic hydroxyl groups is 1. The van der Waals surface area contributed by atoms with Gasteiger partial charge in [0, 0.05) is 19.4 Å². The number of rotatable bonds is 4. The van der Waals surface area contributed by atoms with E-state index in [1.165, 1.54) is 6.07 Å². The molecule has 0 saturated heterocycles. The standard InChI is InChI=1S/C19H19N3O2/c1-13-7-9-14(10-8-13)17(18-20-11-12-22(18)2)21-19(24)15-5-3-4-6-16(15)23/h3-12,17,23H,1-2H3,(H,21,24). The fourth-order valence-corrected chi connectivity index (χ4v) is 2.59. The number of phenols is 1. The van der Waals surface area contributed by atoms with Gasteiger partial charge in [-0.05, 0) is 24.6 Å². The number of aryl methyl sites for hydroxylation is 2. The molecule has 3 rings (SSSR count). The molecule has 1 aromatic heterocycles. The van der Waals surface area contributed by atoms with Crippen LogP contribution in [-0.2, 0) is 7.05 Å². The minimum atomic E-state index is -0.405. The number of amides is 1. The molecule has 122 valence electrons. The normalized spacial score (nSPS) is 11.9. The van der Waals surface area contributed by atoms with Gasteiger partial charge in [-0.15, -0.1) is 0 Å². The molecule has 0 fully saturated rings. The second-order valence-corrected chi connectivity index (χ2v) is 5.73. The number of imidazole rings is 1. The van der Waals surface area contributed by atoms with E-state index < -0.39 is 6.04 Å². The maximum atomic E-state index is 12.6. The van der Waals surface area contributed by atoms with Gasteiger partial charge in [0.05, 0.1) is 5.56 Å². The van der Waals surface area contributed by atoms with Gasteiger partial charge in [-0.25, -0.2) is 4.98 Å². The highest BCUT2D eigenvalue weighted by Crippen LogP contribution is 2.23. The molecule has 2 aromatic carbocycles. The highest BCUT2D eigenvalue weighted by atomic mass is 16.3. The van der Waals surface area contributed by atoms with Gasteiger partial charge in [0.25, 0.3) is 5.91 Å². The van der Waals surface area contributed by atoms with Gasteiger partial charge in [0.1, 0.15) is 17.6 Å². The van der Waals surface area contributed by atoms with Crippen LogP contribution in [0.4, 0.5) is 0 Å². The molecule has 0 aliphatic heterocycles. The lowest BCUT2D eigenvalue weighted by Gasteiger charge is -2.19. The number of hydrogen-bond donors (Lipinski definition) is 2. The maximum Gasteiger partial charge on any atom is 0.255 e. The molecule has 0 bridgehead atoms. The van der Waals surface area contributed by atoms with Crippen LogP contribution in [0.2, 0.25) is 0 Å². The zero-order valence-corrected chi connectivity index (χ0v) is 13.6. The van der Waals surface area contributed by atoms with E-state index in [0.717, 1.165) is 17.0 Å². The van der Waals surface area contributed by atoms with E-state index in [0.29, 0.717) is 0 Å². The van der Waals surface area contributed by atoms with Crippen LogP contribution in [0.5, 0.6) is 5.75 Å². The summed E-state index contributed by atoms with van der Waals surface area (Å²) in [5.74, 6) is 0.335. The highest BCUT2D eigenvalue weighted by molar-refractivity contribution is 5.97. The summed E-state index contributed by atoms with van der Waals surface area (Å²) >= 11 is 0. The van der Waals surface area contributed by atoms with Crippen LogP contribution in [0.3, 0.4) is 0 Å². The Kier molecular flexibility index (Phi) is 4.33. The van der Waals surface area contributed by atoms with E-state index in [9.17, 15) is 9.90 Å². The molecule has 24 heavy (non-hydrogen) atoms. The van der Waals surface area contributed by atoms with Gasteiger partial charge >= 0.3 is 0 Å². The van der Waals surface area contributed by atoms with Crippen molar-refractivity contribution in [2.24, 2.45) is 7.05 Å². The van der Waals surface area contributed by atoms with Crippen molar-refractivity contribution in [2.75, 3.05) is 0 Å². The van der Waals surface area contributed by atoms with Gasteiger partial charge in [-0.2, -0.15) is 0 Å². The third-order valence-corrected chi connectivity index (χ3v) is 3.95. The number of benzene rings is 2. The summed E-state index contributed by atoms with van der Waals surface area (Å²) in [6, 6.07) is 14.0. The molecule has 0 aliphatic carbocycles. The van der Waals surface area contributed by atoms with Gasteiger partial charge in [0.2, 0.25) is 0 Å². The lowest BCUT2D eigenvalue weighted by Crippen LogP contribution is -2.31. The molecular formula is C19H19N3O2. The fraction of sp³-hybridized carbons (Fsp3) is 0.158. The van der Waals surface area contributed by atoms with E-state index in [-0.39, 0.29) is 17.2 Å². The van der Waals surface area contributed by atoms with E-state index in [1.807, 2.05) is 49.0 Å². The average molecular weight is 321 g/mol. The van der Waals surface area contributed by atoms with Gasteiger partial charge in [-0.3, -0.25) is 4.79 Å². The quantitative estimate of drug-likeness (QED) is 0.776. The van der Waals surface area contributed by atoms with E-state index >= 15 is 0 Å². The van der Waals surface area contributed by atoms with Crippen LogP contribution in [0.15, 0.2) is 60.9 Å². The van der Waals surface area contributed by atoms with Crippen molar-refractivity contribution in [1.82, 2.24) is 14.9 Å². The second-order valence-electron chi connectivity index (χ2n) is 5.73. The van der Waals surface area contributed by atoms with Gasteiger partial charge in [-0.1, -0.05) is 42.0 Å². The molecule has 5 heteroatoms. The zero-order chi connectivity index (χ0) is 17.1. The minimum Gasteiger partial charge on any atom is -0.507 e. The first-order valence-corrected chi connectivity index (χ1v) is 7.69. The molecule has 0 aliphatic rings. The second kappa shape index (κ2) is 6.58. The SMILES string of the molecule is Cc1ccc(C(NC(=O)c2ccccc2O)c2nccn2C)cc1. The number of nitrogens with zero attached hydrogens (tertiary/aromatic N) is 2. The first-order valence-electron chi connectivity index (χ1n) is 7.69. The minimum absolute atomic E-state index is 0.0440. The van der Waals surface area contributed by atoms with Gasteiger partial charge in [0.15, 0.2) is 0 Å². The van der Waals surface area contributed by atoms with Crippen molar-refractivity contribution in [3.63, 3.8) is 0 Å². The smallest absolute Gasteiger partial charge is 0.255 e. The zero-order valence-electron chi connectivity index (χ0n) is 13.6. The topological polar surface area (TPSA) is 67.2 Å². The molecule has 3 aromatic rings. The van der Waals surface area contributed by atoms with Crippen LogP contribution in [-0.4, -0.2) is 20.6 Å². The van der Waals surface area contributed by atoms with Crippen molar-refractivity contribution in [1.29, 1.82) is 0 Å². The van der Waals surface area contributed by atoms with Crippen molar-refractivity contribution in [3.8, 4) is 5.75 Å². The average Bonchev–Trinajstić information content (AvgIpc) is 2.99. The Balaban J connectivity index is 1.97. The number of carbonyl (C=O) groups excluding carboxylic acids is 1. The Morgan fingerprint density at radius 3 is 2.50 bits per heavy atom. The summed E-state index contributed by atoms with van der Waals surface area (Å²) in [5.41, 5.74) is 2.31. The Hall–Kier alpha value is -3.08. The molecule has 1 amide bonds. The fourth-order valence-electron chi connectivity index (χ4n) is 2.59. The largest absolute Gasteiger partial charge is 0.507 e. The lowest BCUT2D eigenvalue weighted by molar-refractivity contribution is 0.0938. The molecule has 0 spiro atoms. The summed E-state index contributed by atoms with van der Waals surface area (Å²) in [6.07, 6.45) is 3.53. The van der Waals surface area contributed by atoms with Crippen LogP contribution < -0.4 is 5.32 Å². The maximum absolute atomic E-state index is 12.6. The number of hydrogen-bond acceptors (Lipinski definition) is 3. The Morgan fingerprint density at radius 1 is 1.17 bits per heavy atom. The van der Waals surface area contributed by atoms with E-state index in [2.05, 4.69) is 10.3 Å². The van der Waals surface area contributed by atoms with Gasteiger partial charge < -0.3 is 15.0 Å². The molecule has 2 N–H and O–H groups in total. The number of phenolic OH excluding ortho intramolecular Hbond substituents is 1. The number of para-hydroxylation sites is 1. The molecule has 1 unspecified atom stereocenters. The third kappa shape index (κ3) is 3.15. The summed E-state index contributed by atoms with van der Waals surface area (Å²) in [5, 5.41) is 12.9. The molecule has 0 saturated carbocycles. The number of aromatic nitrogens is 2. The third-order valence-electron chi connectivity index (χ3n) is 3.95. The molecular weight excluding hydrogens is 302 g/mol. The number of nitrogens with one attached hydrogen (secondary N) is 1. The predicted octanol–water partition coefficient (Wildman–Crippen LogP) is 2.95. The summed E-state index contributed by atoms with van der Waals surface area (Å²) in [4.78, 5) is 17.0. The summed E-state index contributed by atoms with van der Waals surface area (Å²) in [6.45, 7) is 2.01. The molecule has 0 radical (unpaired) electrons. The van der Waals surface area contributed by atoms with Crippen molar-refractivity contribution in [3.05, 3.63) is 83.4 Å². The summed E-state index contributed by atoms with van der Waals surface area (Å²) < 4.78 is 1.87. The van der Waals surface area contributed by atoms with Crippen LogP contribution >= 0.6 is 0 Å². The van der Waals surface area contributed by atoms with E-state index in [1.54, 1.807) is 24.4 Å². The van der Waals surface area contributed by atoms with Crippen LogP contribution in [0.1, 0.15) is 33.4 Å². The first-order chi connectivity index (χ1) is 11.6. The first kappa shape index (κ1) is 15.8. The van der Waals surface area contributed by atoms with Crippen molar-refractivity contribution in [2.45, 2.75) is 13.0 Å². The van der Waals surface area contributed by atoms with Crippen molar-refractivity contribution >= 4 is 5.91 Å². The number of carbonyl (C=O) groups is 1. The van der Waals surface area contributed by atoms with Crippen molar-refractivity contribution < 1.29 is 9.90 Å². The Morgan fingerprint density at radius 2 is 1.88 bits per heavy atom. The Bertz CT molecular complexity index is 853. The van der Waals surface area contributed by atoms with Crippen LogP contribution in [0.25, 0.3) is 0 Å².